The number of rotatable bonds is 3. The molecular formula is C19H21N5O. The molecule has 1 saturated heterocycles. The predicted octanol–water partition coefficient (Wildman–Crippen LogP) is 2.53. The van der Waals surface area contributed by atoms with E-state index in [-0.39, 0.29) is 5.91 Å². The summed E-state index contributed by atoms with van der Waals surface area (Å²) in [6.45, 7) is 3.57. The highest BCUT2D eigenvalue weighted by Gasteiger charge is 2.27. The standard InChI is InChI=1S/C19H21N5O/c1-14-5-2-7-16(22-14)11-15-6-3-9-23(13-15)19(25)17-12-21-24-10-4-8-20-18(17)24/h2,4-5,7-8,10,12,15H,3,6,9,11,13H2,1H3/t15-/m0/s1. The number of likely N-dealkylation sites (tertiary alicyclic amines) is 1. The van der Waals surface area contributed by atoms with Gasteiger partial charge in [0.2, 0.25) is 0 Å². The number of pyridine rings is 1. The fourth-order valence-corrected chi connectivity index (χ4v) is 3.57. The number of carbonyl (C=O) groups is 1. The summed E-state index contributed by atoms with van der Waals surface area (Å²) in [5.41, 5.74) is 3.35. The molecule has 1 aliphatic heterocycles. The van der Waals surface area contributed by atoms with Crippen molar-refractivity contribution < 1.29 is 4.79 Å². The van der Waals surface area contributed by atoms with E-state index < -0.39 is 0 Å². The van der Waals surface area contributed by atoms with Crippen LogP contribution in [0.3, 0.4) is 0 Å². The summed E-state index contributed by atoms with van der Waals surface area (Å²) in [6, 6.07) is 7.94. The number of carbonyl (C=O) groups excluding carboxylic acids is 1. The summed E-state index contributed by atoms with van der Waals surface area (Å²) in [7, 11) is 0. The van der Waals surface area contributed by atoms with Gasteiger partial charge in [-0.2, -0.15) is 5.10 Å². The van der Waals surface area contributed by atoms with Crippen LogP contribution in [0.5, 0.6) is 0 Å². The quantitative estimate of drug-likeness (QED) is 0.738. The summed E-state index contributed by atoms with van der Waals surface area (Å²) in [5, 5.41) is 4.23. The maximum absolute atomic E-state index is 12.9. The molecule has 0 saturated carbocycles. The molecule has 1 aliphatic rings. The highest BCUT2D eigenvalue weighted by atomic mass is 16.2. The van der Waals surface area contributed by atoms with Gasteiger partial charge in [0.05, 0.1) is 6.20 Å². The van der Waals surface area contributed by atoms with Crippen molar-refractivity contribution in [1.82, 2.24) is 24.5 Å². The van der Waals surface area contributed by atoms with Gasteiger partial charge in [-0.15, -0.1) is 0 Å². The van der Waals surface area contributed by atoms with E-state index in [1.807, 2.05) is 30.2 Å². The van der Waals surface area contributed by atoms with E-state index in [2.05, 4.69) is 21.1 Å². The summed E-state index contributed by atoms with van der Waals surface area (Å²) in [5.74, 6) is 0.470. The maximum Gasteiger partial charge on any atom is 0.259 e. The van der Waals surface area contributed by atoms with Crippen LogP contribution in [0.1, 0.15) is 34.6 Å². The lowest BCUT2D eigenvalue weighted by Gasteiger charge is -2.32. The second kappa shape index (κ2) is 6.63. The van der Waals surface area contributed by atoms with E-state index in [9.17, 15) is 4.79 Å². The second-order valence-electron chi connectivity index (χ2n) is 6.68. The first-order chi connectivity index (χ1) is 12.2. The number of fused-ring (bicyclic) bond motifs is 1. The van der Waals surface area contributed by atoms with E-state index in [0.29, 0.717) is 17.1 Å². The van der Waals surface area contributed by atoms with Gasteiger partial charge in [-0.1, -0.05) is 6.07 Å². The molecule has 3 aromatic heterocycles. The Kier molecular flexibility index (Phi) is 4.17. The van der Waals surface area contributed by atoms with Gasteiger partial charge in [0.25, 0.3) is 5.91 Å². The Morgan fingerprint density at radius 1 is 1.32 bits per heavy atom. The molecule has 6 nitrogen and oxygen atoms in total. The molecule has 0 radical (unpaired) electrons. The SMILES string of the molecule is Cc1cccc(C[C@@H]2CCCN(C(=O)c3cnn4cccnc34)C2)n1. The number of hydrogen-bond donors (Lipinski definition) is 0. The van der Waals surface area contributed by atoms with Gasteiger partial charge in [-0.25, -0.2) is 9.50 Å². The number of aryl methyl sites for hydroxylation is 1. The van der Waals surface area contributed by atoms with Crippen LogP contribution < -0.4 is 0 Å². The number of hydrogen-bond acceptors (Lipinski definition) is 4. The molecule has 6 heteroatoms. The number of nitrogens with zero attached hydrogens (tertiary/aromatic N) is 5. The molecule has 1 fully saturated rings. The van der Waals surface area contributed by atoms with E-state index >= 15 is 0 Å². The van der Waals surface area contributed by atoms with Crippen molar-refractivity contribution in [1.29, 1.82) is 0 Å². The minimum Gasteiger partial charge on any atom is -0.338 e. The average molecular weight is 335 g/mol. The van der Waals surface area contributed by atoms with Crippen molar-refractivity contribution in [3.63, 3.8) is 0 Å². The Morgan fingerprint density at radius 2 is 2.24 bits per heavy atom. The van der Waals surface area contributed by atoms with Crippen LogP contribution in [-0.2, 0) is 6.42 Å². The summed E-state index contributed by atoms with van der Waals surface area (Å²) >= 11 is 0. The maximum atomic E-state index is 12.9. The van der Waals surface area contributed by atoms with Gasteiger partial charge >= 0.3 is 0 Å². The molecule has 4 rings (SSSR count). The Morgan fingerprint density at radius 3 is 3.12 bits per heavy atom. The Labute approximate surface area is 146 Å². The molecular weight excluding hydrogens is 314 g/mol. The minimum atomic E-state index is 0.0237. The van der Waals surface area contributed by atoms with Gasteiger partial charge in [-0.3, -0.25) is 9.78 Å². The molecule has 4 heterocycles. The third kappa shape index (κ3) is 3.24. The summed E-state index contributed by atoms with van der Waals surface area (Å²) in [4.78, 5) is 23.8. The summed E-state index contributed by atoms with van der Waals surface area (Å²) < 4.78 is 1.64. The third-order valence-corrected chi connectivity index (χ3v) is 4.76. The molecule has 0 aliphatic carbocycles. The Hall–Kier alpha value is -2.76. The first-order valence-corrected chi connectivity index (χ1v) is 8.71. The van der Waals surface area contributed by atoms with Gasteiger partial charge in [0.1, 0.15) is 5.56 Å². The Bertz CT molecular complexity index is 903. The molecule has 25 heavy (non-hydrogen) atoms. The van der Waals surface area contributed by atoms with Crippen molar-refractivity contribution in [2.75, 3.05) is 13.1 Å². The van der Waals surface area contributed by atoms with Gasteiger partial charge < -0.3 is 4.90 Å². The van der Waals surface area contributed by atoms with E-state index in [4.69, 9.17) is 0 Å². The van der Waals surface area contributed by atoms with Crippen molar-refractivity contribution in [2.45, 2.75) is 26.2 Å². The van der Waals surface area contributed by atoms with Crippen LogP contribution in [0, 0.1) is 12.8 Å². The highest BCUT2D eigenvalue weighted by molar-refractivity contribution is 5.99. The normalized spacial score (nSPS) is 17.8. The van der Waals surface area contributed by atoms with E-state index in [1.54, 1.807) is 23.0 Å². The van der Waals surface area contributed by atoms with Crippen molar-refractivity contribution in [2.24, 2.45) is 5.92 Å². The zero-order valence-electron chi connectivity index (χ0n) is 14.3. The van der Waals surface area contributed by atoms with Crippen LogP contribution in [0.4, 0.5) is 0 Å². The molecule has 3 aromatic rings. The van der Waals surface area contributed by atoms with E-state index in [1.165, 1.54) is 0 Å². The fourth-order valence-electron chi connectivity index (χ4n) is 3.57. The molecule has 0 bridgehead atoms. The average Bonchev–Trinajstić information content (AvgIpc) is 3.05. The monoisotopic (exact) mass is 335 g/mol. The highest BCUT2D eigenvalue weighted by Crippen LogP contribution is 2.22. The molecule has 0 spiro atoms. The second-order valence-corrected chi connectivity index (χ2v) is 6.68. The lowest BCUT2D eigenvalue weighted by atomic mass is 9.92. The molecule has 1 amide bonds. The zero-order chi connectivity index (χ0) is 17.2. The molecule has 0 N–H and O–H groups in total. The molecule has 0 unspecified atom stereocenters. The topological polar surface area (TPSA) is 63.4 Å². The first-order valence-electron chi connectivity index (χ1n) is 8.71. The molecule has 1 atom stereocenters. The smallest absolute Gasteiger partial charge is 0.259 e. The van der Waals surface area contributed by atoms with Gasteiger partial charge in [0, 0.05) is 36.9 Å². The number of piperidine rings is 1. The predicted molar refractivity (Wildman–Crippen MR) is 94.3 cm³/mol. The van der Waals surface area contributed by atoms with Crippen molar-refractivity contribution in [3.05, 3.63) is 59.8 Å². The Balaban J connectivity index is 1.50. The largest absolute Gasteiger partial charge is 0.338 e. The van der Waals surface area contributed by atoms with Crippen LogP contribution in [0.2, 0.25) is 0 Å². The minimum absolute atomic E-state index is 0.0237. The van der Waals surface area contributed by atoms with Gasteiger partial charge in [-0.05, 0) is 50.3 Å². The van der Waals surface area contributed by atoms with Crippen LogP contribution in [0.25, 0.3) is 5.65 Å². The zero-order valence-corrected chi connectivity index (χ0v) is 14.3. The van der Waals surface area contributed by atoms with Crippen molar-refractivity contribution in [3.8, 4) is 0 Å². The van der Waals surface area contributed by atoms with Crippen LogP contribution >= 0.6 is 0 Å². The van der Waals surface area contributed by atoms with Gasteiger partial charge in [0.15, 0.2) is 5.65 Å². The van der Waals surface area contributed by atoms with Crippen molar-refractivity contribution >= 4 is 11.6 Å². The molecule has 0 aromatic carbocycles. The fraction of sp³-hybridized carbons (Fsp3) is 0.368. The summed E-state index contributed by atoms with van der Waals surface area (Å²) in [6.07, 6.45) is 8.19. The van der Waals surface area contributed by atoms with Crippen LogP contribution in [0.15, 0.2) is 42.9 Å². The number of amides is 1. The lowest BCUT2D eigenvalue weighted by Crippen LogP contribution is -2.40. The van der Waals surface area contributed by atoms with Crippen LogP contribution in [-0.4, -0.2) is 43.5 Å². The van der Waals surface area contributed by atoms with E-state index in [0.717, 1.165) is 43.7 Å². The molecule has 128 valence electrons. The number of aromatic nitrogens is 4. The third-order valence-electron chi connectivity index (χ3n) is 4.76. The lowest BCUT2D eigenvalue weighted by molar-refractivity contribution is 0.0674. The first kappa shape index (κ1) is 15.7.